The molecule has 0 aliphatic carbocycles. The molecule has 2 aromatic carbocycles. The number of nitrogens with zero attached hydrogens (tertiary/aromatic N) is 3. The number of amides is 1. The first-order valence-electron chi connectivity index (χ1n) is 11.1. The fraction of sp³-hybridized carbons (Fsp3) is 0.320. The van der Waals surface area contributed by atoms with Gasteiger partial charge in [0.1, 0.15) is 29.5 Å². The molecule has 33 heavy (non-hydrogen) atoms. The zero-order chi connectivity index (χ0) is 23.2. The van der Waals surface area contributed by atoms with E-state index in [-0.39, 0.29) is 18.4 Å². The van der Waals surface area contributed by atoms with Gasteiger partial charge in [-0.15, -0.1) is 0 Å². The highest BCUT2D eigenvalue weighted by Crippen LogP contribution is 2.26. The number of nitrogens with one attached hydrogen (secondary N) is 1. The minimum absolute atomic E-state index is 0.0968. The number of ether oxygens (including phenoxy) is 1. The van der Waals surface area contributed by atoms with Crippen LogP contribution in [0.25, 0.3) is 0 Å². The maximum absolute atomic E-state index is 13.3. The van der Waals surface area contributed by atoms with Crippen LogP contribution in [0.1, 0.15) is 30.9 Å². The molecule has 1 fully saturated rings. The molecule has 1 aromatic heterocycles. The second-order valence-corrected chi connectivity index (χ2v) is 8.07. The van der Waals surface area contributed by atoms with Crippen molar-refractivity contribution in [3.05, 3.63) is 77.6 Å². The van der Waals surface area contributed by atoms with Crippen LogP contribution < -0.4 is 15.0 Å². The molecular weight excluding hydrogens is 426 g/mol. The fourth-order valence-electron chi connectivity index (χ4n) is 3.89. The summed E-state index contributed by atoms with van der Waals surface area (Å²) in [6.45, 7) is 3.52. The predicted molar refractivity (Wildman–Crippen MR) is 121 cm³/mol. The van der Waals surface area contributed by atoms with Gasteiger partial charge in [-0.05, 0) is 54.7 Å². The Morgan fingerprint density at radius 2 is 1.73 bits per heavy atom. The van der Waals surface area contributed by atoms with E-state index in [0.29, 0.717) is 43.1 Å². The Hall–Kier alpha value is -3.55. The maximum atomic E-state index is 13.3. The SMILES string of the molecule is CCc1ccc(Oc2cc(N3CCC(C(=O)NCc4cc(F)cc(F)c4)CC3)ncn2)cc1. The number of hydrogen-bond acceptors (Lipinski definition) is 5. The lowest BCUT2D eigenvalue weighted by Gasteiger charge is -2.32. The summed E-state index contributed by atoms with van der Waals surface area (Å²) in [4.78, 5) is 23.2. The molecule has 0 unspecified atom stereocenters. The number of carbonyl (C=O) groups excluding carboxylic acids is 1. The monoisotopic (exact) mass is 452 g/mol. The van der Waals surface area contributed by atoms with Crippen LogP contribution in [-0.2, 0) is 17.8 Å². The van der Waals surface area contributed by atoms with Gasteiger partial charge in [0.05, 0.1) is 0 Å². The molecule has 0 atom stereocenters. The van der Waals surface area contributed by atoms with Gasteiger partial charge in [-0.25, -0.2) is 18.7 Å². The van der Waals surface area contributed by atoms with Gasteiger partial charge in [0.2, 0.25) is 11.8 Å². The summed E-state index contributed by atoms with van der Waals surface area (Å²) in [7, 11) is 0. The molecule has 1 amide bonds. The fourth-order valence-corrected chi connectivity index (χ4v) is 3.89. The van der Waals surface area contributed by atoms with E-state index < -0.39 is 11.6 Å². The summed E-state index contributed by atoms with van der Waals surface area (Å²) in [5, 5.41) is 2.79. The normalized spacial score (nSPS) is 14.2. The van der Waals surface area contributed by atoms with E-state index in [4.69, 9.17) is 4.74 Å². The zero-order valence-electron chi connectivity index (χ0n) is 18.4. The van der Waals surface area contributed by atoms with Crippen LogP contribution in [0.3, 0.4) is 0 Å². The summed E-state index contributed by atoms with van der Waals surface area (Å²) in [6.07, 6.45) is 3.75. The first kappa shape index (κ1) is 22.6. The molecule has 0 saturated carbocycles. The Bertz CT molecular complexity index is 1080. The summed E-state index contributed by atoms with van der Waals surface area (Å²) >= 11 is 0. The molecule has 1 aliphatic rings. The van der Waals surface area contributed by atoms with Crippen molar-refractivity contribution < 1.29 is 18.3 Å². The highest BCUT2D eigenvalue weighted by atomic mass is 19.1. The molecular formula is C25H26F2N4O2. The number of halogens is 2. The number of piperidine rings is 1. The number of anilines is 1. The largest absolute Gasteiger partial charge is 0.439 e. The van der Waals surface area contributed by atoms with Gasteiger partial charge >= 0.3 is 0 Å². The summed E-state index contributed by atoms with van der Waals surface area (Å²) in [5.41, 5.74) is 1.64. The Balaban J connectivity index is 1.30. The third kappa shape index (κ3) is 6.03. The lowest BCUT2D eigenvalue weighted by molar-refractivity contribution is -0.125. The second-order valence-electron chi connectivity index (χ2n) is 8.07. The van der Waals surface area contributed by atoms with E-state index in [1.54, 1.807) is 6.07 Å². The van der Waals surface area contributed by atoms with Gasteiger partial charge < -0.3 is 15.0 Å². The van der Waals surface area contributed by atoms with Crippen molar-refractivity contribution in [3.8, 4) is 11.6 Å². The molecule has 1 N–H and O–H groups in total. The van der Waals surface area contributed by atoms with Crippen molar-refractivity contribution in [2.75, 3.05) is 18.0 Å². The molecule has 0 bridgehead atoms. The summed E-state index contributed by atoms with van der Waals surface area (Å²) in [5.74, 6) is 0.351. The molecule has 0 radical (unpaired) electrons. The van der Waals surface area contributed by atoms with Crippen LogP contribution in [0.5, 0.6) is 11.6 Å². The van der Waals surface area contributed by atoms with Gasteiger partial charge in [0.15, 0.2) is 0 Å². The first-order chi connectivity index (χ1) is 16.0. The minimum Gasteiger partial charge on any atom is -0.439 e. The Morgan fingerprint density at radius 1 is 1.03 bits per heavy atom. The Morgan fingerprint density at radius 3 is 2.39 bits per heavy atom. The standard InChI is InChI=1S/C25H26F2N4O2/c1-2-17-3-5-22(6-4-17)33-24-14-23(29-16-30-24)31-9-7-19(8-10-31)25(32)28-15-18-11-20(26)13-21(27)12-18/h3-6,11-14,16,19H,2,7-10,15H2,1H3,(H,28,32). The lowest BCUT2D eigenvalue weighted by Crippen LogP contribution is -2.40. The zero-order valence-corrected chi connectivity index (χ0v) is 18.4. The maximum Gasteiger partial charge on any atom is 0.224 e. The quantitative estimate of drug-likeness (QED) is 0.566. The summed E-state index contributed by atoms with van der Waals surface area (Å²) < 4.78 is 32.5. The van der Waals surface area contributed by atoms with E-state index in [2.05, 4.69) is 27.1 Å². The molecule has 3 aromatic rings. The predicted octanol–water partition coefficient (Wildman–Crippen LogP) is 4.64. The van der Waals surface area contributed by atoms with Crippen LogP contribution in [0, 0.1) is 17.6 Å². The molecule has 6 nitrogen and oxygen atoms in total. The van der Waals surface area contributed by atoms with Gasteiger partial charge in [-0.2, -0.15) is 0 Å². The highest BCUT2D eigenvalue weighted by Gasteiger charge is 2.25. The van der Waals surface area contributed by atoms with Crippen molar-refractivity contribution in [3.63, 3.8) is 0 Å². The molecule has 1 aliphatic heterocycles. The van der Waals surface area contributed by atoms with E-state index in [1.807, 2.05) is 24.3 Å². The smallest absolute Gasteiger partial charge is 0.224 e. The number of hydrogen-bond donors (Lipinski definition) is 1. The van der Waals surface area contributed by atoms with Gasteiger partial charge in [-0.1, -0.05) is 19.1 Å². The first-order valence-corrected chi connectivity index (χ1v) is 11.1. The van der Waals surface area contributed by atoms with Gasteiger partial charge in [0, 0.05) is 37.7 Å². The molecule has 172 valence electrons. The van der Waals surface area contributed by atoms with E-state index in [9.17, 15) is 13.6 Å². The van der Waals surface area contributed by atoms with E-state index in [1.165, 1.54) is 24.0 Å². The van der Waals surface area contributed by atoms with Crippen molar-refractivity contribution in [1.29, 1.82) is 0 Å². The van der Waals surface area contributed by atoms with Crippen molar-refractivity contribution >= 4 is 11.7 Å². The Kier molecular flexibility index (Phi) is 7.12. The van der Waals surface area contributed by atoms with Crippen LogP contribution in [-0.4, -0.2) is 29.0 Å². The second kappa shape index (κ2) is 10.4. The van der Waals surface area contributed by atoms with E-state index in [0.717, 1.165) is 18.3 Å². The molecule has 2 heterocycles. The number of carbonyl (C=O) groups is 1. The number of aryl methyl sites for hydroxylation is 1. The van der Waals surface area contributed by atoms with Gasteiger partial charge in [-0.3, -0.25) is 4.79 Å². The number of benzene rings is 2. The van der Waals surface area contributed by atoms with Crippen LogP contribution in [0.15, 0.2) is 54.9 Å². The van der Waals surface area contributed by atoms with Crippen molar-refractivity contribution in [2.24, 2.45) is 5.92 Å². The topological polar surface area (TPSA) is 67.3 Å². The van der Waals surface area contributed by atoms with Crippen molar-refractivity contribution in [1.82, 2.24) is 15.3 Å². The third-order valence-electron chi connectivity index (χ3n) is 5.76. The summed E-state index contributed by atoms with van der Waals surface area (Å²) in [6, 6.07) is 12.9. The third-order valence-corrected chi connectivity index (χ3v) is 5.76. The van der Waals surface area contributed by atoms with Crippen LogP contribution in [0.4, 0.5) is 14.6 Å². The molecule has 8 heteroatoms. The number of rotatable bonds is 7. The highest BCUT2D eigenvalue weighted by molar-refractivity contribution is 5.79. The lowest BCUT2D eigenvalue weighted by atomic mass is 9.96. The van der Waals surface area contributed by atoms with Crippen LogP contribution in [0.2, 0.25) is 0 Å². The number of aromatic nitrogens is 2. The van der Waals surface area contributed by atoms with Crippen molar-refractivity contribution in [2.45, 2.75) is 32.7 Å². The van der Waals surface area contributed by atoms with Gasteiger partial charge in [0.25, 0.3) is 0 Å². The van der Waals surface area contributed by atoms with E-state index >= 15 is 0 Å². The molecule has 1 saturated heterocycles. The minimum atomic E-state index is -0.654. The molecule has 4 rings (SSSR count). The van der Waals surface area contributed by atoms with Crippen LogP contribution >= 0.6 is 0 Å². The average Bonchev–Trinajstić information content (AvgIpc) is 2.83. The Labute approximate surface area is 191 Å². The molecule has 0 spiro atoms. The average molecular weight is 453 g/mol.